The van der Waals surface area contributed by atoms with Gasteiger partial charge in [0.15, 0.2) is 0 Å². The van der Waals surface area contributed by atoms with Gasteiger partial charge in [0.1, 0.15) is 0 Å². The highest BCUT2D eigenvalue weighted by Gasteiger charge is 2.17. The fourth-order valence-corrected chi connectivity index (χ4v) is 3.67. The Hall–Kier alpha value is -1.60. The van der Waals surface area contributed by atoms with E-state index in [0.29, 0.717) is 17.8 Å². The summed E-state index contributed by atoms with van der Waals surface area (Å²) in [7, 11) is 0. The monoisotopic (exact) mass is 396 g/mol. The van der Waals surface area contributed by atoms with Gasteiger partial charge in [-0.15, -0.1) is 0 Å². The van der Waals surface area contributed by atoms with Crippen molar-refractivity contribution < 1.29 is 5.11 Å². The maximum Gasteiger partial charge on any atom is 0.0840 e. The smallest absolute Gasteiger partial charge is 0.0840 e. The fourth-order valence-electron chi connectivity index (χ4n) is 3.67. The molecule has 2 aromatic rings. The van der Waals surface area contributed by atoms with Crippen molar-refractivity contribution in [3.63, 3.8) is 0 Å². The van der Waals surface area contributed by atoms with Gasteiger partial charge in [0, 0.05) is 0 Å². The molecule has 29 heavy (non-hydrogen) atoms. The highest BCUT2D eigenvalue weighted by molar-refractivity contribution is 5.37. The summed E-state index contributed by atoms with van der Waals surface area (Å²) in [6.45, 7) is 21.5. The fraction of sp³-hybridized carbons (Fsp3) is 0.571. The Morgan fingerprint density at radius 2 is 1.14 bits per heavy atom. The molecule has 1 heteroatoms. The zero-order valence-corrected chi connectivity index (χ0v) is 20.6. The standard InChI is InChI=1S/C14H22O.C14H22/c1-6-11-7-8-12(14(4,5)15)9-13(11)10(2)3;1-6-12-7-8-13(10(2)3)9-14(12)11(4)5/h7-10,15H,6H2,1-5H3;7-11H,6H2,1-5H3. The lowest BCUT2D eigenvalue weighted by Gasteiger charge is -2.21. The van der Waals surface area contributed by atoms with Gasteiger partial charge in [-0.05, 0) is 77.8 Å². The van der Waals surface area contributed by atoms with E-state index in [-0.39, 0.29) is 0 Å². The summed E-state index contributed by atoms with van der Waals surface area (Å²) in [4.78, 5) is 0. The van der Waals surface area contributed by atoms with Crippen molar-refractivity contribution in [3.8, 4) is 0 Å². The number of aliphatic hydroxyl groups is 1. The topological polar surface area (TPSA) is 20.2 Å². The van der Waals surface area contributed by atoms with Crippen LogP contribution in [0.3, 0.4) is 0 Å². The molecule has 0 aliphatic heterocycles. The van der Waals surface area contributed by atoms with Crippen LogP contribution in [0.5, 0.6) is 0 Å². The number of rotatable bonds is 6. The quantitative estimate of drug-likeness (QED) is 0.523. The van der Waals surface area contributed by atoms with Crippen LogP contribution in [0.2, 0.25) is 0 Å². The van der Waals surface area contributed by atoms with Crippen LogP contribution in [0.25, 0.3) is 0 Å². The van der Waals surface area contributed by atoms with Gasteiger partial charge in [-0.2, -0.15) is 0 Å². The lowest BCUT2D eigenvalue weighted by atomic mass is 9.89. The number of hydrogen-bond acceptors (Lipinski definition) is 1. The molecule has 2 aromatic carbocycles. The molecular weight excluding hydrogens is 352 g/mol. The summed E-state index contributed by atoms with van der Waals surface area (Å²) in [6.07, 6.45) is 2.20. The minimum Gasteiger partial charge on any atom is -0.386 e. The van der Waals surface area contributed by atoms with Crippen molar-refractivity contribution in [2.45, 2.75) is 105 Å². The molecule has 0 amide bonds. The summed E-state index contributed by atoms with van der Waals surface area (Å²) in [5.41, 5.74) is 7.50. The minimum atomic E-state index is -0.740. The summed E-state index contributed by atoms with van der Waals surface area (Å²) in [6, 6.07) is 13.3. The van der Waals surface area contributed by atoms with E-state index in [9.17, 15) is 5.11 Å². The first kappa shape index (κ1) is 25.4. The molecule has 0 unspecified atom stereocenters. The van der Waals surface area contributed by atoms with Crippen LogP contribution in [0.1, 0.15) is 120 Å². The molecule has 0 aliphatic carbocycles. The molecule has 0 saturated carbocycles. The average molecular weight is 397 g/mol. The molecule has 0 aromatic heterocycles. The molecule has 2 rings (SSSR count). The molecule has 0 radical (unpaired) electrons. The first-order valence-corrected chi connectivity index (χ1v) is 11.4. The van der Waals surface area contributed by atoms with Gasteiger partial charge >= 0.3 is 0 Å². The van der Waals surface area contributed by atoms with Crippen molar-refractivity contribution in [3.05, 3.63) is 69.8 Å². The van der Waals surface area contributed by atoms with Gasteiger partial charge in [-0.3, -0.25) is 0 Å². The molecule has 0 atom stereocenters. The van der Waals surface area contributed by atoms with Crippen LogP contribution in [0.15, 0.2) is 36.4 Å². The van der Waals surface area contributed by atoms with Gasteiger partial charge in [0.05, 0.1) is 5.60 Å². The van der Waals surface area contributed by atoms with E-state index < -0.39 is 5.60 Å². The summed E-state index contributed by atoms with van der Waals surface area (Å²) >= 11 is 0. The van der Waals surface area contributed by atoms with E-state index >= 15 is 0 Å². The molecule has 1 N–H and O–H groups in total. The van der Waals surface area contributed by atoms with E-state index in [2.05, 4.69) is 85.7 Å². The Labute approximate surface area is 180 Å². The third-order valence-electron chi connectivity index (χ3n) is 5.69. The first-order valence-electron chi connectivity index (χ1n) is 11.4. The number of hydrogen-bond donors (Lipinski definition) is 1. The van der Waals surface area contributed by atoms with Crippen LogP contribution in [0, 0.1) is 0 Å². The van der Waals surface area contributed by atoms with Crippen molar-refractivity contribution in [1.29, 1.82) is 0 Å². The van der Waals surface area contributed by atoms with Crippen LogP contribution >= 0.6 is 0 Å². The molecule has 0 aliphatic rings. The Kier molecular flexibility index (Phi) is 9.62. The van der Waals surface area contributed by atoms with Gasteiger partial charge < -0.3 is 5.11 Å². The van der Waals surface area contributed by atoms with Crippen LogP contribution < -0.4 is 0 Å². The van der Waals surface area contributed by atoms with Gasteiger partial charge in [0.25, 0.3) is 0 Å². The lowest BCUT2D eigenvalue weighted by molar-refractivity contribution is 0.0785. The normalized spacial score (nSPS) is 11.8. The molecule has 0 heterocycles. The van der Waals surface area contributed by atoms with Crippen molar-refractivity contribution in [2.75, 3.05) is 0 Å². The van der Waals surface area contributed by atoms with Crippen LogP contribution in [0.4, 0.5) is 0 Å². The molecule has 1 nitrogen and oxygen atoms in total. The highest BCUT2D eigenvalue weighted by atomic mass is 16.3. The largest absolute Gasteiger partial charge is 0.386 e. The van der Waals surface area contributed by atoms with Crippen molar-refractivity contribution in [1.82, 2.24) is 0 Å². The third-order valence-corrected chi connectivity index (χ3v) is 5.69. The van der Waals surface area contributed by atoms with E-state index in [1.165, 1.54) is 27.8 Å². The van der Waals surface area contributed by atoms with E-state index in [1.54, 1.807) is 0 Å². The third kappa shape index (κ3) is 7.30. The van der Waals surface area contributed by atoms with E-state index in [4.69, 9.17) is 0 Å². The molecular formula is C28H44O. The second-order valence-electron chi connectivity index (χ2n) is 9.60. The van der Waals surface area contributed by atoms with E-state index in [0.717, 1.165) is 18.4 Å². The summed E-state index contributed by atoms with van der Waals surface area (Å²) in [5.74, 6) is 1.80. The molecule has 0 fully saturated rings. The lowest BCUT2D eigenvalue weighted by Crippen LogP contribution is -2.16. The zero-order valence-electron chi connectivity index (χ0n) is 20.6. The van der Waals surface area contributed by atoms with Gasteiger partial charge in [-0.25, -0.2) is 0 Å². The molecule has 162 valence electrons. The molecule has 0 bridgehead atoms. The number of aryl methyl sites for hydroxylation is 2. The van der Waals surface area contributed by atoms with Crippen LogP contribution in [-0.4, -0.2) is 5.11 Å². The second kappa shape index (κ2) is 11.0. The average Bonchev–Trinajstić information content (AvgIpc) is 2.66. The van der Waals surface area contributed by atoms with Gasteiger partial charge in [0.2, 0.25) is 0 Å². The highest BCUT2D eigenvalue weighted by Crippen LogP contribution is 2.27. The maximum atomic E-state index is 9.96. The van der Waals surface area contributed by atoms with Crippen molar-refractivity contribution in [2.24, 2.45) is 0 Å². The molecule has 0 saturated heterocycles. The first-order chi connectivity index (χ1) is 13.4. The predicted octanol–water partition coefficient (Wildman–Crippen LogP) is 8.10. The minimum absolute atomic E-state index is 0.516. The van der Waals surface area contributed by atoms with Crippen molar-refractivity contribution >= 4 is 0 Å². The Balaban J connectivity index is 0.000000291. The summed E-state index contributed by atoms with van der Waals surface area (Å²) in [5, 5.41) is 9.96. The van der Waals surface area contributed by atoms with Gasteiger partial charge in [-0.1, -0.05) is 91.8 Å². The molecule has 0 spiro atoms. The Morgan fingerprint density at radius 3 is 1.52 bits per heavy atom. The second-order valence-corrected chi connectivity index (χ2v) is 9.60. The predicted molar refractivity (Wildman–Crippen MR) is 129 cm³/mol. The van der Waals surface area contributed by atoms with Crippen LogP contribution in [-0.2, 0) is 18.4 Å². The SMILES string of the molecule is CCc1ccc(C(C)(C)O)cc1C(C)C.CCc1ccc(C(C)C)cc1C(C)C. The zero-order chi connectivity index (χ0) is 22.4. The van der Waals surface area contributed by atoms with E-state index in [1.807, 2.05) is 19.9 Å². The Morgan fingerprint density at radius 1 is 0.690 bits per heavy atom. The summed E-state index contributed by atoms with van der Waals surface area (Å²) < 4.78 is 0. The maximum absolute atomic E-state index is 9.96. The number of benzene rings is 2. The Bertz CT molecular complexity index is 760.